The largest absolute Gasteiger partial charge is 0.477 e. The summed E-state index contributed by atoms with van der Waals surface area (Å²) in [5.41, 5.74) is -0.118. The highest BCUT2D eigenvalue weighted by molar-refractivity contribution is 7.14. The van der Waals surface area contributed by atoms with E-state index in [9.17, 15) is 9.59 Å². The molecule has 6 nitrogen and oxygen atoms in total. The van der Waals surface area contributed by atoms with Gasteiger partial charge in [0.2, 0.25) is 0 Å². The molecule has 0 bridgehead atoms. The van der Waals surface area contributed by atoms with Crippen LogP contribution in [0.25, 0.3) is 0 Å². The van der Waals surface area contributed by atoms with Crippen LogP contribution >= 0.6 is 11.3 Å². The van der Waals surface area contributed by atoms with Gasteiger partial charge in [0, 0.05) is 0 Å². The number of alkyl carbamates (subject to hydrolysis) is 1. The van der Waals surface area contributed by atoms with Crippen LogP contribution in [0.15, 0.2) is 0 Å². The van der Waals surface area contributed by atoms with Crippen LogP contribution in [0, 0.1) is 18.8 Å². The van der Waals surface area contributed by atoms with Crippen LogP contribution < -0.4 is 5.32 Å². The second kappa shape index (κ2) is 6.39. The Bertz CT molecular complexity index is 575. The van der Waals surface area contributed by atoms with Crippen LogP contribution in [0.2, 0.25) is 0 Å². The van der Waals surface area contributed by atoms with Gasteiger partial charge in [0.05, 0.1) is 12.2 Å². The monoisotopic (exact) mass is 296 g/mol. The van der Waals surface area contributed by atoms with Gasteiger partial charge in [-0.3, -0.25) is 0 Å². The topological polar surface area (TPSA) is 88.5 Å². The molecule has 1 heterocycles. The van der Waals surface area contributed by atoms with E-state index in [-0.39, 0.29) is 11.4 Å². The Kier molecular flexibility index (Phi) is 5.11. The first-order valence-electron chi connectivity index (χ1n) is 5.85. The van der Waals surface area contributed by atoms with Gasteiger partial charge in [0.25, 0.3) is 0 Å². The lowest BCUT2D eigenvalue weighted by atomic mass is 10.2. The highest BCUT2D eigenvalue weighted by atomic mass is 32.1. The summed E-state index contributed by atoms with van der Waals surface area (Å²) in [5.74, 6) is 4.38. The molecule has 20 heavy (non-hydrogen) atoms. The van der Waals surface area contributed by atoms with Gasteiger partial charge in [-0.05, 0) is 33.6 Å². The predicted molar refractivity (Wildman–Crippen MR) is 74.9 cm³/mol. The van der Waals surface area contributed by atoms with E-state index in [0.717, 1.165) is 11.3 Å². The van der Waals surface area contributed by atoms with Gasteiger partial charge in [-0.25, -0.2) is 14.6 Å². The van der Waals surface area contributed by atoms with Crippen molar-refractivity contribution in [3.05, 3.63) is 15.6 Å². The fourth-order valence-corrected chi connectivity index (χ4v) is 1.98. The first-order valence-corrected chi connectivity index (χ1v) is 6.67. The summed E-state index contributed by atoms with van der Waals surface area (Å²) in [5, 5.41) is 11.8. The minimum Gasteiger partial charge on any atom is -0.477 e. The van der Waals surface area contributed by atoms with E-state index in [1.807, 2.05) is 0 Å². The highest BCUT2D eigenvalue weighted by Crippen LogP contribution is 2.16. The van der Waals surface area contributed by atoms with Crippen molar-refractivity contribution in [2.75, 3.05) is 6.54 Å². The first-order chi connectivity index (χ1) is 9.19. The van der Waals surface area contributed by atoms with Crippen molar-refractivity contribution in [1.29, 1.82) is 0 Å². The lowest BCUT2D eigenvalue weighted by Gasteiger charge is -2.18. The van der Waals surface area contributed by atoms with Crippen molar-refractivity contribution in [3.8, 4) is 11.8 Å². The van der Waals surface area contributed by atoms with Gasteiger partial charge >= 0.3 is 12.1 Å². The van der Waals surface area contributed by atoms with Gasteiger partial charge in [-0.2, -0.15) is 0 Å². The maximum absolute atomic E-state index is 11.3. The van der Waals surface area contributed by atoms with Gasteiger partial charge in [0.1, 0.15) is 10.5 Å². The number of nitrogens with one attached hydrogen (secondary N) is 1. The number of rotatable bonds is 2. The minimum absolute atomic E-state index is 0.107. The van der Waals surface area contributed by atoms with Crippen LogP contribution in [0.3, 0.4) is 0 Å². The molecule has 0 aliphatic heterocycles. The maximum atomic E-state index is 11.3. The zero-order valence-corrected chi connectivity index (χ0v) is 12.6. The number of hydrogen-bond donors (Lipinski definition) is 2. The maximum Gasteiger partial charge on any atom is 0.408 e. The second-order valence-corrected chi connectivity index (χ2v) is 5.89. The fourth-order valence-electron chi connectivity index (χ4n) is 1.20. The molecule has 108 valence electrons. The summed E-state index contributed by atoms with van der Waals surface area (Å²) < 4.78 is 5.04. The minimum atomic E-state index is -1.01. The van der Waals surface area contributed by atoms with Crippen LogP contribution in [-0.2, 0) is 4.74 Å². The molecule has 0 fully saturated rings. The predicted octanol–water partition coefficient (Wildman–Crippen LogP) is 2.03. The van der Waals surface area contributed by atoms with Crippen LogP contribution in [0.4, 0.5) is 4.79 Å². The number of nitrogens with zero attached hydrogens (tertiary/aromatic N) is 1. The Morgan fingerprint density at radius 3 is 2.60 bits per heavy atom. The summed E-state index contributed by atoms with van der Waals surface area (Å²) in [7, 11) is 0. The van der Waals surface area contributed by atoms with E-state index in [1.165, 1.54) is 0 Å². The van der Waals surface area contributed by atoms with Crippen molar-refractivity contribution in [2.24, 2.45) is 0 Å². The molecule has 0 spiro atoms. The quantitative estimate of drug-likeness (QED) is 0.815. The van der Waals surface area contributed by atoms with Crippen molar-refractivity contribution in [3.63, 3.8) is 0 Å². The van der Waals surface area contributed by atoms with Crippen LogP contribution in [0.1, 0.15) is 41.1 Å². The summed E-state index contributed by atoms with van der Waals surface area (Å²) in [6.07, 6.45) is -0.548. The van der Waals surface area contributed by atoms with Crippen molar-refractivity contribution in [2.45, 2.75) is 33.3 Å². The SMILES string of the molecule is Cc1nc(C#CCNC(=O)OC(C)(C)C)sc1C(=O)O. The molecule has 2 N–H and O–H groups in total. The zero-order chi connectivity index (χ0) is 15.3. The van der Waals surface area contributed by atoms with E-state index in [1.54, 1.807) is 27.7 Å². The number of aryl methyl sites for hydroxylation is 1. The summed E-state index contributed by atoms with van der Waals surface area (Å²) in [6, 6.07) is 0. The Balaban J connectivity index is 2.53. The van der Waals surface area contributed by atoms with E-state index in [2.05, 4.69) is 22.1 Å². The van der Waals surface area contributed by atoms with Crippen molar-refractivity contribution < 1.29 is 19.4 Å². The van der Waals surface area contributed by atoms with Gasteiger partial charge in [0.15, 0.2) is 5.01 Å². The highest BCUT2D eigenvalue weighted by Gasteiger charge is 2.15. The number of carbonyl (C=O) groups is 2. The molecule has 1 amide bonds. The molecule has 0 saturated carbocycles. The van der Waals surface area contributed by atoms with E-state index in [4.69, 9.17) is 9.84 Å². The van der Waals surface area contributed by atoms with Crippen LogP contribution in [0.5, 0.6) is 0 Å². The Hall–Kier alpha value is -2.07. The number of amides is 1. The smallest absolute Gasteiger partial charge is 0.408 e. The summed E-state index contributed by atoms with van der Waals surface area (Å²) in [4.78, 5) is 26.4. The number of aromatic nitrogens is 1. The normalized spacial score (nSPS) is 10.4. The third-order valence-electron chi connectivity index (χ3n) is 1.91. The zero-order valence-electron chi connectivity index (χ0n) is 11.7. The Morgan fingerprint density at radius 2 is 2.10 bits per heavy atom. The standard InChI is InChI=1S/C13H16N2O4S/c1-8-10(11(16)17)20-9(15-8)6-5-7-14-12(18)19-13(2,3)4/h7H2,1-4H3,(H,14,18)(H,16,17). The molecule has 0 unspecified atom stereocenters. The summed E-state index contributed by atoms with van der Waals surface area (Å²) >= 11 is 1.01. The molecule has 1 aromatic heterocycles. The molecule has 1 rings (SSSR count). The van der Waals surface area contributed by atoms with Crippen molar-refractivity contribution in [1.82, 2.24) is 10.3 Å². The lowest BCUT2D eigenvalue weighted by molar-refractivity contribution is 0.0534. The lowest BCUT2D eigenvalue weighted by Crippen LogP contribution is -2.32. The van der Waals surface area contributed by atoms with Crippen molar-refractivity contribution >= 4 is 23.4 Å². The molecule has 1 aromatic rings. The number of carboxylic acid groups (broad SMARTS) is 1. The second-order valence-electron chi connectivity index (χ2n) is 4.90. The molecule has 7 heteroatoms. The molecule has 0 atom stereocenters. The van der Waals surface area contributed by atoms with Gasteiger partial charge in [-0.15, -0.1) is 0 Å². The average molecular weight is 296 g/mol. The van der Waals surface area contributed by atoms with E-state index < -0.39 is 17.7 Å². The Labute approximate surface area is 121 Å². The molecule has 0 aliphatic rings. The molecule has 0 aromatic carbocycles. The molecule has 0 saturated heterocycles. The number of carboxylic acids is 1. The third kappa shape index (κ3) is 5.28. The first kappa shape index (κ1) is 16.0. The number of thiazole rings is 1. The molecular formula is C13H16N2O4S. The third-order valence-corrected chi connectivity index (χ3v) is 2.97. The number of hydrogen-bond acceptors (Lipinski definition) is 5. The number of ether oxygens (including phenoxy) is 1. The number of aromatic carboxylic acids is 1. The Morgan fingerprint density at radius 1 is 1.45 bits per heavy atom. The molecule has 0 radical (unpaired) electrons. The fraction of sp³-hybridized carbons (Fsp3) is 0.462. The molecule has 0 aliphatic carbocycles. The average Bonchev–Trinajstić information content (AvgIpc) is 2.64. The van der Waals surface area contributed by atoms with Gasteiger partial charge in [-0.1, -0.05) is 17.3 Å². The van der Waals surface area contributed by atoms with Gasteiger partial charge < -0.3 is 15.2 Å². The molecular weight excluding hydrogens is 280 g/mol. The summed E-state index contributed by atoms with van der Waals surface area (Å²) in [6.45, 7) is 7.03. The van der Waals surface area contributed by atoms with E-state index >= 15 is 0 Å². The number of carbonyl (C=O) groups excluding carboxylic acids is 1. The van der Waals surface area contributed by atoms with Crippen LogP contribution in [-0.4, -0.2) is 34.3 Å². The van der Waals surface area contributed by atoms with E-state index in [0.29, 0.717) is 10.7 Å².